The summed E-state index contributed by atoms with van der Waals surface area (Å²) in [6.07, 6.45) is 66.4. The predicted molar refractivity (Wildman–Crippen MR) is 271 cm³/mol. The van der Waals surface area contributed by atoms with Gasteiger partial charge in [0.1, 0.15) is 7.05 Å². The molecule has 1 aromatic heterocycles. The number of hydrogen-bond acceptors (Lipinski definition) is 1. The molecule has 0 bridgehead atoms. The van der Waals surface area contributed by atoms with E-state index in [9.17, 15) is 0 Å². The Kier molecular flexibility index (Phi) is 42.7. The molecule has 3 heteroatoms. The van der Waals surface area contributed by atoms with Gasteiger partial charge in [0, 0.05) is 30.9 Å². The molecule has 2 aromatic rings. The van der Waals surface area contributed by atoms with Gasteiger partial charge in [-0.3, -0.25) is 0 Å². The number of pyridine rings is 1. The summed E-state index contributed by atoms with van der Waals surface area (Å²) in [5.41, 5.74) is 3.94. The predicted octanol–water partition coefficient (Wildman–Crippen LogP) is 16.1. The number of aryl methyl sites for hydroxylation is 1. The summed E-state index contributed by atoms with van der Waals surface area (Å²) < 4.78 is 2.09. The molecule has 0 radical (unpaired) electrons. The van der Waals surface area contributed by atoms with Gasteiger partial charge in [-0.1, -0.05) is 282 Å². The average Bonchev–Trinajstić information content (AvgIpc) is 3.27. The number of hydrogen-bond donors (Lipinski definition) is 0. The van der Waals surface area contributed by atoms with Gasteiger partial charge in [0.05, 0.1) is 0 Å². The first-order valence-corrected chi connectivity index (χ1v) is 27.2. The molecule has 0 amide bonds. The van der Waals surface area contributed by atoms with Crippen molar-refractivity contribution in [3.63, 3.8) is 0 Å². The molecule has 0 aliphatic heterocycles. The molecule has 0 saturated heterocycles. The van der Waals surface area contributed by atoms with E-state index in [1.165, 1.54) is 287 Å². The van der Waals surface area contributed by atoms with Crippen molar-refractivity contribution < 1.29 is 28.5 Å². The van der Waals surface area contributed by atoms with E-state index in [0.29, 0.717) is 0 Å². The third kappa shape index (κ3) is 36.7. The van der Waals surface area contributed by atoms with Crippen LogP contribution in [0.15, 0.2) is 48.8 Å². The summed E-state index contributed by atoms with van der Waals surface area (Å²) in [5.74, 6) is 0. The van der Waals surface area contributed by atoms with Gasteiger partial charge in [-0.05, 0) is 36.1 Å². The Morgan fingerprint density at radius 2 is 0.557 bits per heavy atom. The molecule has 2 nitrogen and oxygen atoms in total. The van der Waals surface area contributed by atoms with E-state index in [1.54, 1.807) is 0 Å². The normalized spacial score (nSPS) is 11.5. The zero-order chi connectivity index (χ0) is 42.7. The summed E-state index contributed by atoms with van der Waals surface area (Å²) >= 11 is 0. The monoisotopic (exact) mass is 955 g/mol. The van der Waals surface area contributed by atoms with Crippen molar-refractivity contribution in [1.82, 2.24) is 0 Å². The summed E-state index contributed by atoms with van der Waals surface area (Å²) in [7, 11) is 2.07. The van der Waals surface area contributed by atoms with Crippen LogP contribution in [0, 0.1) is 0 Å². The molecule has 1 aromatic carbocycles. The van der Waals surface area contributed by atoms with E-state index in [0.717, 1.165) is 0 Å². The molecule has 0 N–H and O–H groups in total. The minimum atomic E-state index is 0. The Bertz CT molecular complexity index is 1130. The summed E-state index contributed by atoms with van der Waals surface area (Å²) in [5, 5.41) is 0. The molecule has 0 fully saturated rings. The molecule has 1 heterocycles. The quantitative estimate of drug-likeness (QED) is 0.0364. The molecule has 0 spiro atoms. The van der Waals surface area contributed by atoms with Crippen molar-refractivity contribution in [3.8, 4) is 0 Å². The zero-order valence-corrected chi connectivity index (χ0v) is 43.4. The van der Waals surface area contributed by atoms with E-state index < -0.39 is 0 Å². The Morgan fingerprint density at radius 3 is 0.820 bits per heavy atom. The largest absolute Gasteiger partial charge is 1.00 e. The zero-order valence-electron chi connectivity index (χ0n) is 41.2. The Morgan fingerprint density at radius 1 is 0.328 bits per heavy atom. The summed E-state index contributed by atoms with van der Waals surface area (Å²) in [6, 6.07) is 13.7. The van der Waals surface area contributed by atoms with E-state index in [4.69, 9.17) is 0 Å². The van der Waals surface area contributed by atoms with E-state index >= 15 is 0 Å². The van der Waals surface area contributed by atoms with Crippen LogP contribution in [0.4, 0.5) is 5.69 Å². The lowest BCUT2D eigenvalue weighted by atomic mass is 10.0. The molecule has 0 unspecified atom stereocenters. The van der Waals surface area contributed by atoms with Crippen LogP contribution in [0.25, 0.3) is 12.2 Å². The van der Waals surface area contributed by atoms with Crippen LogP contribution in [0.2, 0.25) is 0 Å². The number of anilines is 1. The Balaban J connectivity index is 0.0000186. The summed E-state index contributed by atoms with van der Waals surface area (Å²) in [4.78, 5) is 2.70. The first-order chi connectivity index (χ1) is 29.7. The van der Waals surface area contributed by atoms with E-state index in [-0.39, 0.29) is 24.0 Å². The highest BCUT2D eigenvalue weighted by molar-refractivity contribution is 5.70. The highest BCUT2D eigenvalue weighted by Crippen LogP contribution is 2.21. The van der Waals surface area contributed by atoms with Crippen LogP contribution in [0.5, 0.6) is 0 Å². The topological polar surface area (TPSA) is 7.12 Å². The van der Waals surface area contributed by atoms with Crippen molar-refractivity contribution >= 4 is 17.8 Å². The lowest BCUT2D eigenvalue weighted by molar-refractivity contribution is -0.671. The van der Waals surface area contributed by atoms with Gasteiger partial charge in [-0.2, -0.15) is 0 Å². The van der Waals surface area contributed by atoms with Crippen molar-refractivity contribution in [2.45, 2.75) is 271 Å². The number of benzene rings is 1. The summed E-state index contributed by atoms with van der Waals surface area (Å²) in [6.45, 7) is 7.03. The van der Waals surface area contributed by atoms with Gasteiger partial charge >= 0.3 is 0 Å². The van der Waals surface area contributed by atoms with Crippen LogP contribution >= 0.6 is 0 Å². The van der Waals surface area contributed by atoms with Crippen LogP contribution in [0.1, 0.15) is 282 Å². The maximum atomic E-state index is 2.70. The average molecular weight is 955 g/mol. The highest BCUT2D eigenvalue weighted by atomic mass is 127. The number of aromatic nitrogens is 1. The standard InChI is InChI=1S/C58H103N2.HI/c1-4-6-8-10-12-14-16-18-20-22-24-26-28-30-32-34-36-38-40-42-52-60(58-48-46-56(47-49-58)44-45-57-50-54-59(3)55-51-57)53-43-41-39-37-35-33-31-29-27-25-23-21-19-17-15-13-11-9-7-5-2;/h44-51,54-55H,4-43,52-53H2,1-3H3;1H/q+1;/p-1. The van der Waals surface area contributed by atoms with Gasteiger partial charge in [-0.25, -0.2) is 4.57 Å². The van der Waals surface area contributed by atoms with Crippen molar-refractivity contribution in [3.05, 3.63) is 59.9 Å². The third-order valence-electron chi connectivity index (χ3n) is 13.3. The first-order valence-electron chi connectivity index (χ1n) is 27.2. The fraction of sp³-hybridized carbons (Fsp3) is 0.776. The molecule has 0 aliphatic rings. The molecule has 0 atom stereocenters. The van der Waals surface area contributed by atoms with Gasteiger partial charge < -0.3 is 28.9 Å². The van der Waals surface area contributed by atoms with Crippen LogP contribution < -0.4 is 33.4 Å². The van der Waals surface area contributed by atoms with Crippen molar-refractivity contribution in [1.29, 1.82) is 0 Å². The second-order valence-corrected chi connectivity index (χ2v) is 19.1. The molecule has 352 valence electrons. The van der Waals surface area contributed by atoms with Gasteiger partial charge in [0.15, 0.2) is 12.4 Å². The van der Waals surface area contributed by atoms with E-state index in [2.05, 4.69) is 91.3 Å². The molecular formula is C58H103IN2. The van der Waals surface area contributed by atoms with Crippen molar-refractivity contribution in [2.75, 3.05) is 18.0 Å². The molecule has 0 saturated carbocycles. The van der Waals surface area contributed by atoms with Crippen LogP contribution in [-0.4, -0.2) is 13.1 Å². The molecule has 61 heavy (non-hydrogen) atoms. The number of rotatable bonds is 45. The van der Waals surface area contributed by atoms with Crippen LogP contribution in [0.3, 0.4) is 0 Å². The van der Waals surface area contributed by atoms with Gasteiger partial charge in [0.25, 0.3) is 0 Å². The van der Waals surface area contributed by atoms with Crippen LogP contribution in [-0.2, 0) is 7.05 Å². The smallest absolute Gasteiger partial charge is 0.169 e. The first kappa shape index (κ1) is 57.7. The molecule has 0 aliphatic carbocycles. The molecular weight excluding hydrogens is 852 g/mol. The minimum Gasteiger partial charge on any atom is -1.00 e. The lowest BCUT2D eigenvalue weighted by Gasteiger charge is -2.25. The van der Waals surface area contributed by atoms with Gasteiger partial charge in [0.2, 0.25) is 0 Å². The minimum absolute atomic E-state index is 0. The van der Waals surface area contributed by atoms with E-state index in [1.807, 2.05) is 0 Å². The maximum absolute atomic E-state index is 2.70. The SMILES string of the molecule is CCCCCCCCCCCCCCCCCCCCCCN(CCCCCCCCCCCCCCCCCCCCCC)c1ccc(C=Cc2cc[n+](C)cc2)cc1.[I-]. The number of halogens is 1. The second kappa shape index (κ2) is 45.2. The Hall–Kier alpha value is -1.36. The lowest BCUT2D eigenvalue weighted by Crippen LogP contribution is -3.00. The number of nitrogens with zero attached hydrogens (tertiary/aromatic N) is 2. The maximum Gasteiger partial charge on any atom is 0.169 e. The third-order valence-corrected chi connectivity index (χ3v) is 13.3. The molecule has 2 rings (SSSR count). The fourth-order valence-corrected chi connectivity index (χ4v) is 9.10. The Labute approximate surface area is 399 Å². The second-order valence-electron chi connectivity index (χ2n) is 19.1. The fourth-order valence-electron chi connectivity index (χ4n) is 9.10. The number of unbranched alkanes of at least 4 members (excludes halogenated alkanes) is 38. The van der Waals surface area contributed by atoms with Gasteiger partial charge in [-0.15, -0.1) is 0 Å². The highest BCUT2D eigenvalue weighted by Gasteiger charge is 2.07. The van der Waals surface area contributed by atoms with Crippen molar-refractivity contribution in [2.24, 2.45) is 7.05 Å².